The normalized spacial score (nSPS) is 19.4. The van der Waals surface area contributed by atoms with Crippen LogP contribution in [-0.2, 0) is 10.2 Å². The number of rotatable bonds is 6. The van der Waals surface area contributed by atoms with E-state index in [1.54, 1.807) is 0 Å². The molecule has 0 bridgehead atoms. The molecule has 0 saturated heterocycles. The zero-order valence-electron chi connectivity index (χ0n) is 14.1. The highest BCUT2D eigenvalue weighted by molar-refractivity contribution is 9.10. The summed E-state index contributed by atoms with van der Waals surface area (Å²) in [4.78, 5) is 15.3. The third kappa shape index (κ3) is 2.89. The molecule has 0 N–H and O–H groups in total. The van der Waals surface area contributed by atoms with Crippen LogP contribution < -0.4 is 4.74 Å². The zero-order chi connectivity index (χ0) is 17.2. The monoisotopic (exact) mass is 387 g/mol. The van der Waals surface area contributed by atoms with Gasteiger partial charge in [-0.2, -0.15) is 0 Å². The Morgan fingerprint density at radius 1 is 1.08 bits per heavy atom. The maximum atomic E-state index is 13.0. The van der Waals surface area contributed by atoms with Crippen molar-refractivity contribution >= 4 is 21.9 Å². The van der Waals surface area contributed by atoms with Crippen molar-refractivity contribution < 1.29 is 9.53 Å². The van der Waals surface area contributed by atoms with Gasteiger partial charge in [0.2, 0.25) is 0 Å². The maximum absolute atomic E-state index is 13.0. The van der Waals surface area contributed by atoms with Crippen molar-refractivity contribution in [2.24, 2.45) is 0 Å². The zero-order valence-corrected chi connectivity index (χ0v) is 15.7. The number of ether oxygens (including phenoxy) is 1. The summed E-state index contributed by atoms with van der Waals surface area (Å²) in [5.74, 6) is 0.492. The summed E-state index contributed by atoms with van der Waals surface area (Å²) in [5.41, 5.74) is 1.25. The predicted molar refractivity (Wildman–Crippen MR) is 99.4 cm³/mol. The van der Waals surface area contributed by atoms with Gasteiger partial charge in [-0.3, -0.25) is 4.79 Å². The fraction of sp³-hybridized carbons (Fsp3) is 0.350. The highest BCUT2D eigenvalue weighted by atomic mass is 79.9. The summed E-state index contributed by atoms with van der Waals surface area (Å²) >= 11 is 3.46. The Hall–Kier alpha value is -1.65. The quantitative estimate of drug-likeness (QED) is 0.543. The molecular weight excluding hydrogens is 366 g/mol. The van der Waals surface area contributed by atoms with Gasteiger partial charge >= 0.3 is 5.97 Å². The lowest BCUT2D eigenvalue weighted by Crippen LogP contribution is -2.39. The Labute approximate surface area is 151 Å². The van der Waals surface area contributed by atoms with Crippen LogP contribution in [-0.4, -0.2) is 30.5 Å². The van der Waals surface area contributed by atoms with Gasteiger partial charge in [-0.1, -0.05) is 66.2 Å². The van der Waals surface area contributed by atoms with Gasteiger partial charge in [-0.25, -0.2) is 0 Å². The molecule has 24 heavy (non-hydrogen) atoms. The molecule has 1 heterocycles. The molecule has 3 rings (SSSR count). The SMILES string of the molecule is CCN(CC)CCC1(c2ccccc2)C(=O)Oc2cc(Br)ccc21. The first-order chi connectivity index (χ1) is 11.6. The minimum atomic E-state index is -0.722. The van der Waals surface area contributed by atoms with Crippen LogP contribution in [0.3, 0.4) is 0 Å². The molecule has 0 radical (unpaired) electrons. The number of fused-ring (bicyclic) bond motifs is 1. The van der Waals surface area contributed by atoms with Crippen LogP contribution in [0.2, 0.25) is 0 Å². The Morgan fingerprint density at radius 3 is 2.46 bits per heavy atom. The van der Waals surface area contributed by atoms with Gasteiger partial charge in [0, 0.05) is 10.0 Å². The van der Waals surface area contributed by atoms with Crippen molar-refractivity contribution in [2.45, 2.75) is 25.7 Å². The summed E-state index contributed by atoms with van der Waals surface area (Å²) in [6.45, 7) is 7.10. The van der Waals surface area contributed by atoms with Crippen molar-refractivity contribution in [3.63, 3.8) is 0 Å². The van der Waals surface area contributed by atoms with Crippen molar-refractivity contribution in [2.75, 3.05) is 19.6 Å². The second-order valence-corrected chi connectivity index (χ2v) is 6.99. The van der Waals surface area contributed by atoms with Crippen LogP contribution in [0.15, 0.2) is 53.0 Å². The molecule has 0 saturated carbocycles. The molecule has 1 atom stereocenters. The van der Waals surface area contributed by atoms with Gasteiger partial charge in [0.25, 0.3) is 0 Å². The average Bonchev–Trinajstić information content (AvgIpc) is 2.88. The van der Waals surface area contributed by atoms with Crippen LogP contribution in [0.4, 0.5) is 0 Å². The summed E-state index contributed by atoms with van der Waals surface area (Å²) in [5, 5.41) is 0. The van der Waals surface area contributed by atoms with Crippen LogP contribution in [0.5, 0.6) is 5.75 Å². The van der Waals surface area contributed by atoms with Crippen LogP contribution >= 0.6 is 15.9 Å². The van der Waals surface area contributed by atoms with E-state index in [1.807, 2.05) is 48.5 Å². The fourth-order valence-electron chi connectivity index (χ4n) is 3.47. The molecule has 0 aromatic heterocycles. The Morgan fingerprint density at radius 2 is 1.79 bits per heavy atom. The van der Waals surface area contributed by atoms with E-state index in [9.17, 15) is 4.79 Å². The van der Waals surface area contributed by atoms with E-state index in [0.29, 0.717) is 12.2 Å². The first-order valence-electron chi connectivity index (χ1n) is 8.42. The van der Waals surface area contributed by atoms with Crippen LogP contribution in [0.1, 0.15) is 31.4 Å². The number of carbonyl (C=O) groups is 1. The van der Waals surface area contributed by atoms with Crippen LogP contribution in [0.25, 0.3) is 0 Å². The molecule has 0 spiro atoms. The lowest BCUT2D eigenvalue weighted by Gasteiger charge is -2.29. The molecule has 4 heteroatoms. The number of esters is 1. The van der Waals surface area contributed by atoms with Gasteiger partial charge in [0.15, 0.2) is 0 Å². The molecule has 3 nitrogen and oxygen atoms in total. The predicted octanol–water partition coefficient (Wildman–Crippen LogP) is 4.39. The third-order valence-electron chi connectivity index (χ3n) is 4.92. The molecule has 0 fully saturated rings. The van der Waals surface area contributed by atoms with Gasteiger partial charge in [0.05, 0.1) is 0 Å². The van der Waals surface area contributed by atoms with Gasteiger partial charge in [-0.05, 0) is 43.8 Å². The van der Waals surface area contributed by atoms with Gasteiger partial charge < -0.3 is 9.64 Å². The molecule has 126 valence electrons. The Bertz CT molecular complexity index is 728. The summed E-state index contributed by atoms with van der Waals surface area (Å²) in [6.07, 6.45) is 0.714. The smallest absolute Gasteiger partial charge is 0.326 e. The van der Waals surface area contributed by atoms with E-state index >= 15 is 0 Å². The molecule has 1 aliphatic rings. The second kappa shape index (κ2) is 7.08. The molecule has 0 aliphatic carbocycles. The second-order valence-electron chi connectivity index (χ2n) is 6.08. The van der Waals surface area contributed by atoms with Crippen molar-refractivity contribution in [1.82, 2.24) is 4.90 Å². The molecule has 2 aromatic carbocycles. The van der Waals surface area contributed by atoms with E-state index in [0.717, 1.165) is 35.2 Å². The highest BCUT2D eigenvalue weighted by Gasteiger charge is 2.50. The van der Waals surface area contributed by atoms with E-state index < -0.39 is 5.41 Å². The van der Waals surface area contributed by atoms with E-state index in [2.05, 4.69) is 34.7 Å². The Balaban J connectivity index is 2.09. The number of halogens is 1. The van der Waals surface area contributed by atoms with E-state index in [1.165, 1.54) is 0 Å². The number of nitrogens with zero attached hydrogens (tertiary/aromatic N) is 1. The Kier molecular flexibility index (Phi) is 5.07. The summed E-state index contributed by atoms with van der Waals surface area (Å²) in [7, 11) is 0. The van der Waals surface area contributed by atoms with Crippen LogP contribution in [0, 0.1) is 0 Å². The van der Waals surface area contributed by atoms with Gasteiger partial charge in [-0.15, -0.1) is 0 Å². The minimum absolute atomic E-state index is 0.172. The number of benzene rings is 2. The fourth-order valence-corrected chi connectivity index (χ4v) is 3.81. The number of hydrogen-bond acceptors (Lipinski definition) is 3. The molecule has 1 unspecified atom stereocenters. The molecular formula is C20H22BrNO2. The van der Waals surface area contributed by atoms with E-state index in [-0.39, 0.29) is 5.97 Å². The van der Waals surface area contributed by atoms with Crippen molar-refractivity contribution in [3.05, 3.63) is 64.1 Å². The number of carbonyl (C=O) groups excluding carboxylic acids is 1. The first kappa shape index (κ1) is 17.2. The maximum Gasteiger partial charge on any atom is 0.326 e. The third-order valence-corrected chi connectivity index (χ3v) is 5.41. The van der Waals surface area contributed by atoms with E-state index in [4.69, 9.17) is 4.74 Å². The largest absolute Gasteiger partial charge is 0.425 e. The lowest BCUT2D eigenvalue weighted by molar-refractivity contribution is -0.137. The lowest BCUT2D eigenvalue weighted by atomic mass is 9.73. The summed E-state index contributed by atoms with van der Waals surface area (Å²) < 4.78 is 6.59. The first-order valence-corrected chi connectivity index (χ1v) is 9.21. The highest BCUT2D eigenvalue weighted by Crippen LogP contribution is 2.47. The topological polar surface area (TPSA) is 29.5 Å². The molecule has 2 aromatic rings. The van der Waals surface area contributed by atoms with Crippen molar-refractivity contribution in [3.8, 4) is 5.75 Å². The molecule has 0 amide bonds. The average molecular weight is 388 g/mol. The van der Waals surface area contributed by atoms with Crippen molar-refractivity contribution in [1.29, 1.82) is 0 Å². The standard InChI is InChI=1S/C20H22BrNO2/c1-3-22(4-2)13-12-20(15-8-6-5-7-9-15)17-11-10-16(21)14-18(17)24-19(20)23/h5-11,14H,3-4,12-13H2,1-2H3. The summed E-state index contributed by atoms with van der Waals surface area (Å²) in [6, 6.07) is 15.9. The molecule has 1 aliphatic heterocycles. The number of hydrogen-bond donors (Lipinski definition) is 0. The minimum Gasteiger partial charge on any atom is -0.425 e. The van der Waals surface area contributed by atoms with Gasteiger partial charge in [0.1, 0.15) is 11.2 Å².